The van der Waals surface area contributed by atoms with Crippen molar-refractivity contribution in [1.82, 2.24) is 10.6 Å². The number of non-ortho nitro benzene ring substituents is 2. The number of carbonyl (C=O) groups excluding carboxylic acids is 2. The van der Waals surface area contributed by atoms with E-state index in [-0.39, 0.29) is 29.1 Å². The molecule has 2 N–H and O–H groups in total. The van der Waals surface area contributed by atoms with E-state index in [2.05, 4.69) is 10.6 Å². The van der Waals surface area contributed by atoms with Gasteiger partial charge in [0.05, 0.1) is 9.85 Å². The standard InChI is InChI=1S/C28H22N4O7/c33-27(21-10-4-12-23(15-21)31(35)36)29-26(30-28(34)22-11-5-13-24(16-22)32(37)38)20-9-6-14-25(17-20)39-18-19-7-2-1-3-8-19/h1-17,26H,18H2,(H,29,33)(H,30,34). The summed E-state index contributed by atoms with van der Waals surface area (Å²) < 4.78 is 5.87. The van der Waals surface area contributed by atoms with Crippen LogP contribution < -0.4 is 15.4 Å². The summed E-state index contributed by atoms with van der Waals surface area (Å²) >= 11 is 0. The van der Waals surface area contributed by atoms with Crippen molar-refractivity contribution >= 4 is 23.2 Å². The van der Waals surface area contributed by atoms with E-state index < -0.39 is 27.8 Å². The molecule has 4 aromatic carbocycles. The maximum absolute atomic E-state index is 13.1. The maximum Gasteiger partial charge on any atom is 0.270 e. The molecule has 0 spiro atoms. The highest BCUT2D eigenvalue weighted by molar-refractivity contribution is 5.97. The molecule has 0 aliphatic heterocycles. The summed E-state index contributed by atoms with van der Waals surface area (Å²) in [4.78, 5) is 47.2. The van der Waals surface area contributed by atoms with Crippen LogP contribution in [-0.2, 0) is 6.61 Å². The first-order chi connectivity index (χ1) is 18.8. The Morgan fingerprint density at radius 1 is 0.692 bits per heavy atom. The number of rotatable bonds is 10. The molecule has 0 bridgehead atoms. The average molecular weight is 527 g/mol. The Morgan fingerprint density at radius 3 is 1.77 bits per heavy atom. The Kier molecular flexibility index (Phi) is 8.22. The van der Waals surface area contributed by atoms with Gasteiger partial charge in [-0.1, -0.05) is 54.6 Å². The van der Waals surface area contributed by atoms with Crippen LogP contribution in [0.4, 0.5) is 11.4 Å². The molecule has 11 heteroatoms. The monoisotopic (exact) mass is 526 g/mol. The van der Waals surface area contributed by atoms with Crippen molar-refractivity contribution in [3.63, 3.8) is 0 Å². The zero-order valence-electron chi connectivity index (χ0n) is 20.4. The smallest absolute Gasteiger partial charge is 0.270 e. The zero-order valence-corrected chi connectivity index (χ0v) is 20.4. The fraction of sp³-hybridized carbons (Fsp3) is 0.0714. The summed E-state index contributed by atoms with van der Waals surface area (Å²) in [6, 6.07) is 26.5. The molecular formula is C28H22N4O7. The normalized spacial score (nSPS) is 10.5. The van der Waals surface area contributed by atoms with Crippen molar-refractivity contribution in [2.24, 2.45) is 0 Å². The predicted molar refractivity (Wildman–Crippen MR) is 141 cm³/mol. The Bertz CT molecular complexity index is 1450. The minimum absolute atomic E-state index is 0.00952. The van der Waals surface area contributed by atoms with Crippen molar-refractivity contribution in [3.8, 4) is 5.75 Å². The molecule has 0 aliphatic rings. The summed E-state index contributed by atoms with van der Waals surface area (Å²) in [6.45, 7) is 0.287. The number of hydrogen-bond acceptors (Lipinski definition) is 7. The van der Waals surface area contributed by atoms with Crippen molar-refractivity contribution < 1.29 is 24.2 Å². The molecule has 4 rings (SSSR count). The number of benzene rings is 4. The molecule has 0 heterocycles. The summed E-state index contributed by atoms with van der Waals surface area (Å²) in [5, 5.41) is 27.7. The van der Waals surface area contributed by atoms with Crippen LogP contribution >= 0.6 is 0 Å². The highest BCUT2D eigenvalue weighted by Crippen LogP contribution is 2.22. The van der Waals surface area contributed by atoms with Crippen LogP contribution in [0.15, 0.2) is 103 Å². The van der Waals surface area contributed by atoms with Gasteiger partial charge in [0.2, 0.25) is 0 Å². The molecule has 0 saturated carbocycles. The van der Waals surface area contributed by atoms with Crippen LogP contribution in [-0.4, -0.2) is 21.7 Å². The zero-order chi connectivity index (χ0) is 27.8. The third-order valence-electron chi connectivity index (χ3n) is 5.63. The number of nitro groups is 2. The van der Waals surface area contributed by atoms with Crippen LogP contribution in [0.2, 0.25) is 0 Å². The summed E-state index contributed by atoms with van der Waals surface area (Å²) in [5.74, 6) is -0.896. The van der Waals surface area contributed by atoms with Crippen molar-refractivity contribution in [3.05, 3.63) is 146 Å². The summed E-state index contributed by atoms with van der Waals surface area (Å²) in [7, 11) is 0. The third-order valence-corrected chi connectivity index (χ3v) is 5.63. The number of hydrogen-bond donors (Lipinski definition) is 2. The van der Waals surface area contributed by atoms with Gasteiger partial charge in [0, 0.05) is 35.4 Å². The lowest BCUT2D eigenvalue weighted by Crippen LogP contribution is -2.41. The van der Waals surface area contributed by atoms with E-state index in [9.17, 15) is 29.8 Å². The largest absolute Gasteiger partial charge is 0.489 e. The third kappa shape index (κ3) is 7.01. The van der Waals surface area contributed by atoms with Gasteiger partial charge in [-0.2, -0.15) is 0 Å². The molecule has 4 aromatic rings. The highest BCUT2D eigenvalue weighted by Gasteiger charge is 2.22. The number of nitrogens with one attached hydrogen (secondary N) is 2. The quantitative estimate of drug-likeness (QED) is 0.168. The van der Waals surface area contributed by atoms with Gasteiger partial charge in [0.1, 0.15) is 18.5 Å². The minimum Gasteiger partial charge on any atom is -0.489 e. The molecule has 2 amide bonds. The van der Waals surface area contributed by atoms with Gasteiger partial charge >= 0.3 is 0 Å². The molecule has 39 heavy (non-hydrogen) atoms. The molecule has 0 fully saturated rings. The lowest BCUT2D eigenvalue weighted by atomic mass is 10.1. The predicted octanol–water partition coefficient (Wildman–Crippen LogP) is 4.94. The van der Waals surface area contributed by atoms with E-state index in [0.29, 0.717) is 11.3 Å². The molecule has 0 aromatic heterocycles. The Hall–Kier alpha value is -5.58. The van der Waals surface area contributed by atoms with Gasteiger partial charge < -0.3 is 15.4 Å². The number of nitrogens with zero attached hydrogens (tertiary/aromatic N) is 2. The number of amides is 2. The highest BCUT2D eigenvalue weighted by atomic mass is 16.6. The van der Waals surface area contributed by atoms with Gasteiger partial charge in [-0.15, -0.1) is 0 Å². The number of ether oxygens (including phenoxy) is 1. The van der Waals surface area contributed by atoms with Crippen LogP contribution in [0.25, 0.3) is 0 Å². The lowest BCUT2D eigenvalue weighted by Gasteiger charge is -2.21. The first kappa shape index (κ1) is 26.5. The molecule has 0 unspecified atom stereocenters. The fourth-order valence-electron chi connectivity index (χ4n) is 3.68. The Labute approximate surface area is 222 Å². The Morgan fingerprint density at radius 2 is 1.23 bits per heavy atom. The molecule has 11 nitrogen and oxygen atoms in total. The number of carbonyl (C=O) groups is 2. The second-order valence-electron chi connectivity index (χ2n) is 8.34. The lowest BCUT2D eigenvalue weighted by molar-refractivity contribution is -0.385. The van der Waals surface area contributed by atoms with Crippen LogP contribution in [0.3, 0.4) is 0 Å². The van der Waals surface area contributed by atoms with Crippen molar-refractivity contribution in [1.29, 1.82) is 0 Å². The van der Waals surface area contributed by atoms with E-state index in [1.54, 1.807) is 24.3 Å². The van der Waals surface area contributed by atoms with Gasteiger partial charge in [-0.25, -0.2) is 0 Å². The fourth-order valence-corrected chi connectivity index (χ4v) is 3.68. The second-order valence-corrected chi connectivity index (χ2v) is 8.34. The topological polar surface area (TPSA) is 154 Å². The average Bonchev–Trinajstić information content (AvgIpc) is 2.96. The molecule has 0 atom stereocenters. The van der Waals surface area contributed by atoms with E-state index in [0.717, 1.165) is 17.7 Å². The molecule has 0 radical (unpaired) electrons. The Balaban J connectivity index is 1.61. The van der Waals surface area contributed by atoms with Crippen LogP contribution in [0.5, 0.6) is 5.75 Å². The van der Waals surface area contributed by atoms with Crippen molar-refractivity contribution in [2.45, 2.75) is 12.8 Å². The molecule has 0 aliphatic carbocycles. The van der Waals surface area contributed by atoms with Gasteiger partial charge in [-0.05, 0) is 35.4 Å². The van der Waals surface area contributed by atoms with E-state index >= 15 is 0 Å². The van der Waals surface area contributed by atoms with E-state index in [1.807, 2.05) is 30.3 Å². The van der Waals surface area contributed by atoms with Crippen LogP contribution in [0, 0.1) is 20.2 Å². The number of nitro benzene ring substituents is 2. The maximum atomic E-state index is 13.1. The van der Waals surface area contributed by atoms with E-state index in [4.69, 9.17) is 4.74 Å². The molecule has 0 saturated heterocycles. The van der Waals surface area contributed by atoms with Gasteiger partial charge in [0.15, 0.2) is 0 Å². The van der Waals surface area contributed by atoms with Gasteiger partial charge in [0.25, 0.3) is 23.2 Å². The second kappa shape index (κ2) is 12.1. The van der Waals surface area contributed by atoms with Crippen LogP contribution in [0.1, 0.15) is 38.0 Å². The molecular weight excluding hydrogens is 504 g/mol. The van der Waals surface area contributed by atoms with E-state index in [1.165, 1.54) is 36.4 Å². The summed E-state index contributed by atoms with van der Waals surface area (Å²) in [6.07, 6.45) is -1.11. The molecule has 196 valence electrons. The first-order valence-electron chi connectivity index (χ1n) is 11.7. The van der Waals surface area contributed by atoms with Gasteiger partial charge in [-0.3, -0.25) is 29.8 Å². The van der Waals surface area contributed by atoms with Crippen molar-refractivity contribution in [2.75, 3.05) is 0 Å². The first-order valence-corrected chi connectivity index (χ1v) is 11.7. The summed E-state index contributed by atoms with van der Waals surface area (Å²) in [5.41, 5.74) is 0.869. The minimum atomic E-state index is -1.11. The SMILES string of the molecule is O=C(NC(NC(=O)c1cccc([N+](=O)[O-])c1)c1cccc(OCc2ccccc2)c1)c1cccc([N+](=O)[O-])c1.